The van der Waals surface area contributed by atoms with Crippen LogP contribution in [0.15, 0.2) is 36.5 Å². The maximum absolute atomic E-state index is 13.1. The Bertz CT molecular complexity index is 1010. The largest absolute Gasteiger partial charge is 0.493 e. The Morgan fingerprint density at radius 1 is 1.16 bits per heavy atom. The summed E-state index contributed by atoms with van der Waals surface area (Å²) in [4.78, 5) is 27.2. The van der Waals surface area contributed by atoms with Crippen LogP contribution in [0.4, 0.5) is 5.13 Å². The number of anilines is 1. The van der Waals surface area contributed by atoms with Crippen molar-refractivity contribution >= 4 is 32.7 Å². The third-order valence-electron chi connectivity index (χ3n) is 5.36. The van der Waals surface area contributed by atoms with Crippen LogP contribution in [0, 0.1) is 5.92 Å². The predicted molar refractivity (Wildman–Crippen MR) is 123 cm³/mol. The zero-order valence-electron chi connectivity index (χ0n) is 18.2. The molecule has 1 fully saturated rings. The van der Waals surface area contributed by atoms with E-state index in [2.05, 4.69) is 28.7 Å². The monoisotopic (exact) mass is 440 g/mol. The van der Waals surface area contributed by atoms with E-state index >= 15 is 0 Å². The lowest BCUT2D eigenvalue weighted by Crippen LogP contribution is -2.48. The molecule has 164 valence electrons. The summed E-state index contributed by atoms with van der Waals surface area (Å²) in [6.45, 7) is 7.75. The zero-order valence-corrected chi connectivity index (χ0v) is 19.0. The number of thiazole rings is 1. The van der Waals surface area contributed by atoms with E-state index in [9.17, 15) is 4.79 Å². The van der Waals surface area contributed by atoms with Crippen molar-refractivity contribution in [3.8, 4) is 11.5 Å². The first-order chi connectivity index (χ1) is 15.0. The van der Waals surface area contributed by atoms with Gasteiger partial charge in [0, 0.05) is 37.9 Å². The maximum atomic E-state index is 13.1. The van der Waals surface area contributed by atoms with E-state index in [0.717, 1.165) is 35.0 Å². The molecule has 1 saturated heterocycles. The van der Waals surface area contributed by atoms with Crippen LogP contribution in [-0.4, -0.2) is 60.7 Å². The molecule has 31 heavy (non-hydrogen) atoms. The van der Waals surface area contributed by atoms with Gasteiger partial charge in [-0.05, 0) is 42.7 Å². The lowest BCUT2D eigenvalue weighted by atomic mass is 10.1. The molecule has 0 aliphatic carbocycles. The molecular formula is C23H28N4O3S. The number of nitrogens with zero attached hydrogens (tertiary/aromatic N) is 4. The van der Waals surface area contributed by atoms with Gasteiger partial charge in [-0.15, -0.1) is 0 Å². The molecule has 0 saturated carbocycles. The third-order valence-corrected chi connectivity index (χ3v) is 6.40. The molecule has 0 N–H and O–H groups in total. The van der Waals surface area contributed by atoms with Crippen LogP contribution < -0.4 is 14.4 Å². The van der Waals surface area contributed by atoms with Gasteiger partial charge in [-0.3, -0.25) is 4.79 Å². The fourth-order valence-electron chi connectivity index (χ4n) is 3.50. The lowest BCUT2D eigenvalue weighted by Gasteiger charge is -2.34. The van der Waals surface area contributed by atoms with Crippen LogP contribution >= 0.6 is 11.3 Å². The Hall–Kier alpha value is -2.87. The summed E-state index contributed by atoms with van der Waals surface area (Å²) in [7, 11) is 1.60. The molecule has 1 amide bonds. The van der Waals surface area contributed by atoms with Crippen LogP contribution in [0.2, 0.25) is 0 Å². The van der Waals surface area contributed by atoms with Crippen LogP contribution in [0.3, 0.4) is 0 Å². The number of carbonyl (C=O) groups is 1. The number of ether oxygens (including phenoxy) is 2. The Morgan fingerprint density at radius 2 is 1.97 bits per heavy atom. The van der Waals surface area contributed by atoms with Crippen LogP contribution in [-0.2, 0) is 0 Å². The van der Waals surface area contributed by atoms with Crippen LogP contribution in [0.25, 0.3) is 10.3 Å². The highest BCUT2D eigenvalue weighted by molar-refractivity contribution is 7.21. The summed E-state index contributed by atoms with van der Waals surface area (Å²) in [5, 5.41) is 0.963. The lowest BCUT2D eigenvalue weighted by molar-refractivity contribution is 0.0746. The Balaban J connectivity index is 1.38. The number of pyridine rings is 1. The minimum atomic E-state index is 0.0117. The minimum Gasteiger partial charge on any atom is -0.493 e. The average Bonchev–Trinajstić information content (AvgIpc) is 3.23. The fraction of sp³-hybridized carbons (Fsp3) is 0.435. The number of piperazine rings is 1. The van der Waals surface area contributed by atoms with Crippen molar-refractivity contribution in [2.24, 2.45) is 5.92 Å². The molecule has 1 aliphatic heterocycles. The van der Waals surface area contributed by atoms with Gasteiger partial charge in [-0.25, -0.2) is 9.97 Å². The van der Waals surface area contributed by atoms with Gasteiger partial charge >= 0.3 is 0 Å². The minimum absolute atomic E-state index is 0.0117. The second kappa shape index (κ2) is 9.51. The first-order valence-corrected chi connectivity index (χ1v) is 11.4. The van der Waals surface area contributed by atoms with Gasteiger partial charge in [0.1, 0.15) is 10.3 Å². The molecule has 8 heteroatoms. The number of methoxy groups -OCH3 is 1. The number of benzene rings is 1. The molecule has 0 spiro atoms. The van der Waals surface area contributed by atoms with E-state index in [1.54, 1.807) is 30.7 Å². The maximum Gasteiger partial charge on any atom is 0.254 e. The fourth-order valence-corrected chi connectivity index (χ4v) is 4.46. The first kappa shape index (κ1) is 21.4. The number of aromatic nitrogens is 2. The van der Waals surface area contributed by atoms with Crippen molar-refractivity contribution in [1.82, 2.24) is 14.9 Å². The molecule has 7 nitrogen and oxygen atoms in total. The van der Waals surface area contributed by atoms with Gasteiger partial charge in [0.05, 0.1) is 13.7 Å². The zero-order chi connectivity index (χ0) is 21.8. The van der Waals surface area contributed by atoms with Crippen molar-refractivity contribution in [3.63, 3.8) is 0 Å². The average molecular weight is 441 g/mol. The van der Waals surface area contributed by atoms with E-state index in [0.29, 0.717) is 42.7 Å². The van der Waals surface area contributed by atoms with Crippen LogP contribution in [0.1, 0.15) is 30.6 Å². The van der Waals surface area contributed by atoms with Crippen LogP contribution in [0.5, 0.6) is 11.5 Å². The quantitative estimate of drug-likeness (QED) is 0.551. The summed E-state index contributed by atoms with van der Waals surface area (Å²) in [6, 6.07) is 9.31. The van der Waals surface area contributed by atoms with Gasteiger partial charge in [0.15, 0.2) is 16.6 Å². The molecule has 4 rings (SSSR count). The van der Waals surface area contributed by atoms with Gasteiger partial charge in [0.2, 0.25) is 0 Å². The molecule has 0 atom stereocenters. The SMILES string of the molecule is COc1cc(C(=O)N2CCN(c3nc4cccnc4s3)CC2)ccc1OCCC(C)C. The highest BCUT2D eigenvalue weighted by Crippen LogP contribution is 2.30. The van der Waals surface area contributed by atoms with Crippen molar-refractivity contribution in [2.75, 3.05) is 44.8 Å². The van der Waals surface area contributed by atoms with Crippen molar-refractivity contribution in [3.05, 3.63) is 42.1 Å². The van der Waals surface area contributed by atoms with Crippen molar-refractivity contribution in [2.45, 2.75) is 20.3 Å². The number of carbonyl (C=O) groups excluding carboxylic acids is 1. The molecule has 3 aromatic rings. The van der Waals surface area contributed by atoms with Gasteiger partial charge in [0.25, 0.3) is 5.91 Å². The number of rotatable bonds is 7. The summed E-state index contributed by atoms with van der Waals surface area (Å²) >= 11 is 1.59. The Kier molecular flexibility index (Phi) is 6.56. The molecule has 1 aromatic carbocycles. The van der Waals surface area contributed by atoms with E-state index in [1.807, 2.05) is 29.2 Å². The highest BCUT2D eigenvalue weighted by Gasteiger charge is 2.25. The summed E-state index contributed by atoms with van der Waals surface area (Å²) in [5.41, 5.74) is 1.54. The highest BCUT2D eigenvalue weighted by atomic mass is 32.1. The normalized spacial score (nSPS) is 14.3. The summed E-state index contributed by atoms with van der Waals surface area (Å²) in [6.07, 6.45) is 2.76. The summed E-state index contributed by atoms with van der Waals surface area (Å²) < 4.78 is 11.3. The molecular weight excluding hydrogens is 412 g/mol. The smallest absolute Gasteiger partial charge is 0.254 e. The first-order valence-electron chi connectivity index (χ1n) is 10.6. The molecule has 2 aromatic heterocycles. The van der Waals surface area contributed by atoms with Crippen molar-refractivity contribution < 1.29 is 14.3 Å². The Labute approximate surface area is 186 Å². The molecule has 1 aliphatic rings. The summed E-state index contributed by atoms with van der Waals surface area (Å²) in [5.74, 6) is 1.85. The Morgan fingerprint density at radius 3 is 2.68 bits per heavy atom. The predicted octanol–water partition coefficient (Wildman–Crippen LogP) is 4.09. The van der Waals surface area contributed by atoms with E-state index in [4.69, 9.17) is 9.47 Å². The van der Waals surface area contributed by atoms with Gasteiger partial charge in [-0.1, -0.05) is 25.2 Å². The second-order valence-corrected chi connectivity index (χ2v) is 8.96. The van der Waals surface area contributed by atoms with Gasteiger partial charge < -0.3 is 19.3 Å². The topological polar surface area (TPSA) is 67.8 Å². The number of hydrogen-bond donors (Lipinski definition) is 0. The number of fused-ring (bicyclic) bond motifs is 1. The number of hydrogen-bond acceptors (Lipinski definition) is 7. The second-order valence-electron chi connectivity index (χ2n) is 8.00. The van der Waals surface area contributed by atoms with Crippen molar-refractivity contribution in [1.29, 1.82) is 0 Å². The molecule has 0 bridgehead atoms. The molecule has 3 heterocycles. The molecule has 0 radical (unpaired) electrons. The van der Waals surface area contributed by atoms with E-state index in [-0.39, 0.29) is 5.91 Å². The van der Waals surface area contributed by atoms with E-state index < -0.39 is 0 Å². The molecule has 0 unspecified atom stereocenters. The third kappa shape index (κ3) is 4.90. The number of amides is 1. The standard InChI is InChI=1S/C23H28N4O3S/c1-16(2)8-14-30-19-7-6-17(15-20(19)29-3)22(28)26-10-12-27(13-11-26)23-25-18-5-4-9-24-21(18)31-23/h4-7,9,15-16H,8,10-14H2,1-3H3. The van der Waals surface area contributed by atoms with E-state index in [1.165, 1.54) is 0 Å². The van der Waals surface area contributed by atoms with Gasteiger partial charge in [-0.2, -0.15) is 0 Å².